The van der Waals surface area contributed by atoms with Gasteiger partial charge in [-0.05, 0) is 13.5 Å². The molecule has 0 fully saturated rings. The number of carbonyl (C=O) groups is 1. The van der Waals surface area contributed by atoms with Gasteiger partial charge in [0.1, 0.15) is 0 Å². The molecule has 1 N–H and O–H groups in total. The van der Waals surface area contributed by atoms with E-state index in [0.717, 1.165) is 0 Å². The summed E-state index contributed by atoms with van der Waals surface area (Å²) in [4.78, 5) is 9.60. The number of rotatable bonds is 1. The van der Waals surface area contributed by atoms with Crippen LogP contribution in [0.2, 0.25) is 0 Å². The summed E-state index contributed by atoms with van der Waals surface area (Å²) in [5.74, 6) is -0.935. The van der Waals surface area contributed by atoms with E-state index in [9.17, 15) is 13.6 Å². The van der Waals surface area contributed by atoms with Crippen molar-refractivity contribution in [3.8, 4) is 0 Å². The first-order valence-electron chi connectivity index (χ1n) is 2.26. The molecule has 0 bridgehead atoms. The van der Waals surface area contributed by atoms with Gasteiger partial charge in [-0.3, -0.25) is 0 Å². The van der Waals surface area contributed by atoms with E-state index in [4.69, 9.17) is 5.11 Å². The summed E-state index contributed by atoms with van der Waals surface area (Å²) in [6.07, 6.45) is -1.83. The van der Waals surface area contributed by atoms with E-state index >= 15 is 0 Å². The Bertz CT molecular complexity index is 136. The van der Waals surface area contributed by atoms with Crippen molar-refractivity contribution in [1.29, 1.82) is 0 Å². The van der Waals surface area contributed by atoms with Crippen LogP contribution >= 0.6 is 0 Å². The van der Waals surface area contributed by atoms with Crippen molar-refractivity contribution in [2.24, 2.45) is 0 Å². The van der Waals surface area contributed by atoms with Crippen molar-refractivity contribution >= 4 is 5.97 Å². The molecule has 0 atom stereocenters. The first-order valence-corrected chi connectivity index (χ1v) is 2.26. The topological polar surface area (TPSA) is 37.3 Å². The van der Waals surface area contributed by atoms with Crippen LogP contribution in [0.25, 0.3) is 0 Å². The first kappa shape index (κ1) is 11.6. The molecule has 2 nitrogen and oxygen atoms in total. The molecular weight excluding hydrogens is 142 g/mol. The van der Waals surface area contributed by atoms with Gasteiger partial charge in [0, 0.05) is 5.57 Å². The fourth-order valence-corrected chi connectivity index (χ4v) is 0. The molecule has 58 valence electrons. The maximum Gasteiger partial charge on any atom is 0.330 e. The number of halogens is 2. The van der Waals surface area contributed by atoms with Crippen LogP contribution in [-0.4, -0.2) is 11.1 Å². The van der Waals surface area contributed by atoms with Gasteiger partial charge in [0.15, 0.2) is 0 Å². The molecule has 0 saturated carbocycles. The van der Waals surface area contributed by atoms with Crippen LogP contribution in [0, 0.1) is 0 Å². The van der Waals surface area contributed by atoms with Crippen molar-refractivity contribution in [2.45, 2.75) is 6.92 Å². The van der Waals surface area contributed by atoms with Crippen molar-refractivity contribution < 1.29 is 18.7 Å². The second kappa shape index (κ2) is 5.94. The van der Waals surface area contributed by atoms with Crippen LogP contribution in [-0.2, 0) is 4.79 Å². The van der Waals surface area contributed by atoms with Crippen LogP contribution in [0.1, 0.15) is 6.92 Å². The van der Waals surface area contributed by atoms with Crippen LogP contribution in [0.5, 0.6) is 0 Å². The molecule has 0 spiro atoms. The Labute approximate surface area is 57.5 Å². The lowest BCUT2D eigenvalue weighted by atomic mass is 10.4. The van der Waals surface area contributed by atoms with E-state index in [-0.39, 0.29) is 5.57 Å². The quantitative estimate of drug-likeness (QED) is 0.581. The zero-order chi connectivity index (χ0) is 8.73. The SMILES string of the molecule is C=C(C)C(=O)O.C=C(F)F. The maximum absolute atomic E-state index is 10.1. The van der Waals surface area contributed by atoms with Crippen molar-refractivity contribution in [3.05, 3.63) is 24.8 Å². The molecule has 0 aromatic carbocycles. The number of carboxylic acids is 1. The highest BCUT2D eigenvalue weighted by atomic mass is 19.3. The molecule has 0 rings (SSSR count). The zero-order valence-corrected chi connectivity index (χ0v) is 5.53. The van der Waals surface area contributed by atoms with Gasteiger partial charge in [-0.1, -0.05) is 6.58 Å². The minimum atomic E-state index is -1.83. The lowest BCUT2D eigenvalue weighted by Crippen LogP contribution is -1.92. The van der Waals surface area contributed by atoms with E-state index in [0.29, 0.717) is 0 Å². The summed E-state index contributed by atoms with van der Waals surface area (Å²) in [6, 6.07) is 0. The fourth-order valence-electron chi connectivity index (χ4n) is 0. The highest BCUT2D eigenvalue weighted by Crippen LogP contribution is 1.85. The maximum atomic E-state index is 10.1. The van der Waals surface area contributed by atoms with E-state index in [1.54, 1.807) is 0 Å². The smallest absolute Gasteiger partial charge is 0.330 e. The highest BCUT2D eigenvalue weighted by molar-refractivity contribution is 5.84. The summed E-state index contributed by atoms with van der Waals surface area (Å²) in [5.41, 5.74) is 0.176. The van der Waals surface area contributed by atoms with Crippen LogP contribution in [0.3, 0.4) is 0 Å². The Hall–Kier alpha value is -1.19. The van der Waals surface area contributed by atoms with Gasteiger partial charge >= 0.3 is 5.97 Å². The molecule has 4 heteroatoms. The molecule has 0 aliphatic rings. The molecule has 0 heterocycles. The van der Waals surface area contributed by atoms with E-state index in [2.05, 4.69) is 13.2 Å². The number of aliphatic carboxylic acids is 1. The third kappa shape index (κ3) is 29.1. The molecule has 0 aliphatic heterocycles. The summed E-state index contributed by atoms with van der Waals surface area (Å²) < 4.78 is 20.3. The minimum absolute atomic E-state index is 0.176. The lowest BCUT2D eigenvalue weighted by molar-refractivity contribution is -0.132. The Morgan fingerprint density at radius 1 is 1.40 bits per heavy atom. The normalized spacial score (nSPS) is 7.10. The Balaban J connectivity index is 0. The second-order valence-electron chi connectivity index (χ2n) is 1.42. The van der Waals surface area contributed by atoms with Crippen molar-refractivity contribution in [2.75, 3.05) is 0 Å². The minimum Gasteiger partial charge on any atom is -0.478 e. The Morgan fingerprint density at radius 2 is 1.50 bits per heavy atom. The Morgan fingerprint density at radius 3 is 1.50 bits per heavy atom. The zero-order valence-electron chi connectivity index (χ0n) is 5.53. The molecule has 0 radical (unpaired) electrons. The van der Waals surface area contributed by atoms with Crippen LogP contribution in [0.4, 0.5) is 8.78 Å². The second-order valence-corrected chi connectivity index (χ2v) is 1.42. The molecular formula is C6H8F2O2. The standard InChI is InChI=1S/C4H6O2.C2H2F2/c1-3(2)4(5)6;1-2(3)4/h1H2,2H3,(H,5,6);1H2. The number of carboxylic acid groups (broad SMARTS) is 1. The fraction of sp³-hybridized carbons (Fsp3) is 0.167. The molecule has 0 aliphatic carbocycles. The number of hydrogen-bond acceptors (Lipinski definition) is 1. The van der Waals surface area contributed by atoms with Gasteiger partial charge in [-0.2, -0.15) is 8.78 Å². The van der Waals surface area contributed by atoms with Gasteiger partial charge in [0.2, 0.25) is 0 Å². The number of hydrogen-bond donors (Lipinski definition) is 1. The summed E-state index contributed by atoms with van der Waals surface area (Å²) >= 11 is 0. The van der Waals surface area contributed by atoms with Gasteiger partial charge < -0.3 is 5.11 Å². The average Bonchev–Trinajstić information content (AvgIpc) is 1.63. The van der Waals surface area contributed by atoms with E-state index < -0.39 is 12.0 Å². The molecule has 0 aromatic rings. The predicted molar refractivity (Wildman–Crippen MR) is 33.8 cm³/mol. The molecule has 0 amide bonds. The first-order chi connectivity index (χ1) is 4.37. The molecule has 0 saturated heterocycles. The summed E-state index contributed by atoms with van der Waals surface area (Å²) in [6.45, 7) is 6.82. The lowest BCUT2D eigenvalue weighted by Gasteiger charge is -1.79. The monoisotopic (exact) mass is 150 g/mol. The molecule has 0 aromatic heterocycles. The Kier molecular flexibility index (Phi) is 6.88. The molecule has 0 unspecified atom stereocenters. The predicted octanol–water partition coefficient (Wildman–Crippen LogP) is 2.04. The summed E-state index contributed by atoms with van der Waals surface area (Å²) in [5, 5.41) is 7.89. The summed E-state index contributed by atoms with van der Waals surface area (Å²) in [7, 11) is 0. The van der Waals surface area contributed by atoms with Gasteiger partial charge in [0.05, 0.1) is 0 Å². The van der Waals surface area contributed by atoms with Crippen molar-refractivity contribution in [3.63, 3.8) is 0 Å². The van der Waals surface area contributed by atoms with Crippen LogP contribution < -0.4 is 0 Å². The van der Waals surface area contributed by atoms with Gasteiger partial charge in [-0.15, -0.1) is 0 Å². The van der Waals surface area contributed by atoms with Gasteiger partial charge in [-0.25, -0.2) is 4.79 Å². The largest absolute Gasteiger partial charge is 0.478 e. The van der Waals surface area contributed by atoms with E-state index in [1.807, 2.05) is 0 Å². The average molecular weight is 150 g/mol. The highest BCUT2D eigenvalue weighted by Gasteiger charge is 1.90. The van der Waals surface area contributed by atoms with Crippen LogP contribution in [0.15, 0.2) is 24.8 Å². The van der Waals surface area contributed by atoms with E-state index in [1.165, 1.54) is 6.92 Å². The van der Waals surface area contributed by atoms with Gasteiger partial charge in [0.25, 0.3) is 6.08 Å². The van der Waals surface area contributed by atoms with Crippen molar-refractivity contribution in [1.82, 2.24) is 0 Å². The third-order valence-corrected chi connectivity index (χ3v) is 0.365. The molecule has 10 heavy (non-hydrogen) atoms. The third-order valence-electron chi connectivity index (χ3n) is 0.365.